The molecule has 0 bridgehead atoms. The average molecular weight is 217 g/mol. The highest BCUT2D eigenvalue weighted by Gasteiger charge is 1.98. The number of allylic oxidation sites excluding steroid dienone is 2. The molecule has 0 amide bonds. The van der Waals surface area contributed by atoms with Gasteiger partial charge in [-0.3, -0.25) is 0 Å². The first-order valence-electron chi connectivity index (χ1n) is 5.18. The molecule has 0 N–H and O–H groups in total. The largest absolute Gasteiger partial charge is 0.206 e. The molecule has 0 atom stereocenters. The number of nitrogens with zero attached hydrogens (tertiary/aromatic N) is 1. The molecule has 0 aliphatic rings. The minimum atomic E-state index is -0.392. The Morgan fingerprint density at radius 2 is 2.06 bits per heavy atom. The molecular formula is C14H16FN. The highest BCUT2D eigenvalue weighted by molar-refractivity contribution is 5.53. The van der Waals surface area contributed by atoms with Gasteiger partial charge in [0.2, 0.25) is 0 Å². The molecule has 84 valence electrons. The maximum absolute atomic E-state index is 13.1. The van der Waals surface area contributed by atoms with E-state index < -0.39 is 5.82 Å². The van der Waals surface area contributed by atoms with Crippen molar-refractivity contribution in [1.29, 1.82) is 5.26 Å². The van der Waals surface area contributed by atoms with Crippen molar-refractivity contribution in [3.05, 3.63) is 53.9 Å². The maximum Gasteiger partial charge on any atom is 0.131 e. The molecule has 0 heterocycles. The Bertz CT molecular complexity index is 400. The van der Waals surface area contributed by atoms with Gasteiger partial charge in [0.25, 0.3) is 0 Å². The van der Waals surface area contributed by atoms with Gasteiger partial charge in [-0.25, -0.2) is 4.39 Å². The van der Waals surface area contributed by atoms with Gasteiger partial charge in [-0.2, -0.15) is 5.26 Å². The topological polar surface area (TPSA) is 23.8 Å². The van der Waals surface area contributed by atoms with Crippen molar-refractivity contribution in [2.45, 2.75) is 20.3 Å². The van der Waals surface area contributed by atoms with E-state index in [0.29, 0.717) is 11.1 Å². The van der Waals surface area contributed by atoms with Gasteiger partial charge in [-0.15, -0.1) is 0 Å². The molecule has 0 unspecified atom stereocenters. The van der Waals surface area contributed by atoms with Gasteiger partial charge in [-0.1, -0.05) is 51.1 Å². The van der Waals surface area contributed by atoms with Crippen molar-refractivity contribution >= 4 is 6.08 Å². The number of hydrogen-bond acceptors (Lipinski definition) is 1. The van der Waals surface area contributed by atoms with Gasteiger partial charge in [0.15, 0.2) is 0 Å². The van der Waals surface area contributed by atoms with Gasteiger partial charge >= 0.3 is 0 Å². The van der Waals surface area contributed by atoms with E-state index in [1.807, 2.05) is 6.07 Å². The minimum Gasteiger partial charge on any atom is -0.206 e. The first-order chi connectivity index (χ1) is 7.69. The van der Waals surface area contributed by atoms with Crippen LogP contribution in [-0.4, -0.2) is 0 Å². The third-order valence-corrected chi connectivity index (χ3v) is 1.54. The molecule has 1 rings (SSSR count). The first kappa shape index (κ1) is 14.1. The van der Waals surface area contributed by atoms with E-state index in [-0.39, 0.29) is 0 Å². The molecule has 2 heteroatoms. The minimum absolute atomic E-state index is 0.327. The predicted molar refractivity (Wildman–Crippen MR) is 66.3 cm³/mol. The van der Waals surface area contributed by atoms with Crippen LogP contribution in [-0.2, 0) is 0 Å². The number of halogens is 1. The SMILES string of the molecule is C=C/C=C/c1ccc(C#N)cc1F.CCC. The smallest absolute Gasteiger partial charge is 0.131 e. The molecule has 0 spiro atoms. The van der Waals surface area contributed by atoms with E-state index in [0.717, 1.165) is 0 Å². The summed E-state index contributed by atoms with van der Waals surface area (Å²) in [6.07, 6.45) is 6.06. The molecule has 0 saturated carbocycles. The third-order valence-electron chi connectivity index (χ3n) is 1.54. The second-order valence-corrected chi connectivity index (χ2v) is 3.15. The van der Waals surface area contributed by atoms with Crippen molar-refractivity contribution in [3.63, 3.8) is 0 Å². The lowest BCUT2D eigenvalue weighted by molar-refractivity contribution is 0.624. The van der Waals surface area contributed by atoms with Crippen molar-refractivity contribution < 1.29 is 4.39 Å². The lowest BCUT2D eigenvalue weighted by atomic mass is 10.1. The van der Waals surface area contributed by atoms with Gasteiger partial charge in [-0.05, 0) is 12.1 Å². The fourth-order valence-electron chi connectivity index (χ4n) is 0.904. The molecule has 16 heavy (non-hydrogen) atoms. The summed E-state index contributed by atoms with van der Waals surface area (Å²) in [4.78, 5) is 0. The predicted octanol–water partition coefficient (Wildman–Crippen LogP) is 4.31. The van der Waals surface area contributed by atoms with Crippen LogP contribution in [0.25, 0.3) is 6.08 Å². The molecular weight excluding hydrogens is 201 g/mol. The number of nitriles is 1. The lowest BCUT2D eigenvalue weighted by Gasteiger charge is -1.95. The Balaban J connectivity index is 0.000000673. The van der Waals surface area contributed by atoms with E-state index in [1.54, 1.807) is 30.4 Å². The van der Waals surface area contributed by atoms with E-state index in [9.17, 15) is 4.39 Å². The molecule has 0 fully saturated rings. The summed E-state index contributed by atoms with van der Waals surface area (Å²) in [7, 11) is 0. The Hall–Kier alpha value is -1.88. The third kappa shape index (κ3) is 5.11. The summed E-state index contributed by atoms with van der Waals surface area (Å²) < 4.78 is 13.1. The van der Waals surface area contributed by atoms with Gasteiger partial charge in [0, 0.05) is 5.56 Å². The van der Waals surface area contributed by atoms with Crippen LogP contribution in [0.3, 0.4) is 0 Å². The second kappa shape index (κ2) is 8.43. The highest BCUT2D eigenvalue weighted by Crippen LogP contribution is 2.11. The van der Waals surface area contributed by atoms with Gasteiger partial charge in [0.1, 0.15) is 5.82 Å². The van der Waals surface area contributed by atoms with Crippen LogP contribution in [0, 0.1) is 17.1 Å². The summed E-state index contributed by atoms with van der Waals surface area (Å²) >= 11 is 0. The fraction of sp³-hybridized carbons (Fsp3) is 0.214. The molecule has 0 saturated heterocycles. The first-order valence-corrected chi connectivity index (χ1v) is 5.18. The molecule has 0 aliphatic carbocycles. The van der Waals surface area contributed by atoms with Gasteiger partial charge in [0.05, 0.1) is 11.6 Å². The van der Waals surface area contributed by atoms with Crippen molar-refractivity contribution in [1.82, 2.24) is 0 Å². The normalized spacial score (nSPS) is 9.12. The average Bonchev–Trinajstić information content (AvgIpc) is 2.28. The zero-order valence-corrected chi connectivity index (χ0v) is 9.70. The number of rotatable bonds is 2. The van der Waals surface area contributed by atoms with Crippen molar-refractivity contribution in [3.8, 4) is 6.07 Å². The summed E-state index contributed by atoms with van der Waals surface area (Å²) in [5.41, 5.74) is 0.784. The van der Waals surface area contributed by atoms with Crippen LogP contribution in [0.1, 0.15) is 31.4 Å². The summed E-state index contributed by atoms with van der Waals surface area (Å²) in [6.45, 7) is 7.73. The van der Waals surface area contributed by atoms with E-state index >= 15 is 0 Å². The summed E-state index contributed by atoms with van der Waals surface area (Å²) in [5.74, 6) is -0.392. The standard InChI is InChI=1S/C11H8FN.C3H8/c1-2-3-4-10-6-5-9(8-13)7-11(10)12;1-3-2/h2-7H,1H2;3H2,1-2H3/b4-3+;. The molecule has 0 aliphatic heterocycles. The Morgan fingerprint density at radius 3 is 2.50 bits per heavy atom. The quantitative estimate of drug-likeness (QED) is 0.677. The lowest BCUT2D eigenvalue weighted by Crippen LogP contribution is -1.83. The van der Waals surface area contributed by atoms with Crippen LogP contribution in [0.15, 0.2) is 36.9 Å². The van der Waals surface area contributed by atoms with Crippen molar-refractivity contribution in [2.24, 2.45) is 0 Å². The number of benzene rings is 1. The highest BCUT2D eigenvalue weighted by atomic mass is 19.1. The molecule has 0 radical (unpaired) electrons. The monoisotopic (exact) mass is 217 g/mol. The molecule has 1 aromatic carbocycles. The van der Waals surface area contributed by atoms with Crippen LogP contribution in [0.4, 0.5) is 4.39 Å². The summed E-state index contributed by atoms with van der Waals surface area (Å²) in [6, 6.07) is 6.22. The Kier molecular flexibility index (Phi) is 7.44. The van der Waals surface area contributed by atoms with Crippen LogP contribution >= 0.6 is 0 Å². The van der Waals surface area contributed by atoms with Crippen molar-refractivity contribution in [2.75, 3.05) is 0 Å². The van der Waals surface area contributed by atoms with Crippen LogP contribution in [0.2, 0.25) is 0 Å². The molecule has 1 nitrogen and oxygen atoms in total. The van der Waals surface area contributed by atoms with E-state index in [4.69, 9.17) is 5.26 Å². The Labute approximate surface area is 96.5 Å². The maximum atomic E-state index is 13.1. The zero-order valence-electron chi connectivity index (χ0n) is 9.70. The summed E-state index contributed by atoms with van der Waals surface area (Å²) in [5, 5.41) is 8.48. The second-order valence-electron chi connectivity index (χ2n) is 3.15. The van der Waals surface area contributed by atoms with E-state index in [2.05, 4.69) is 20.4 Å². The Morgan fingerprint density at radius 1 is 1.44 bits per heavy atom. The molecule has 0 aromatic heterocycles. The number of hydrogen-bond donors (Lipinski definition) is 0. The molecule has 1 aromatic rings. The van der Waals surface area contributed by atoms with Crippen LogP contribution in [0.5, 0.6) is 0 Å². The zero-order chi connectivity index (χ0) is 12.4. The van der Waals surface area contributed by atoms with E-state index in [1.165, 1.54) is 12.5 Å². The van der Waals surface area contributed by atoms with Crippen LogP contribution < -0.4 is 0 Å². The van der Waals surface area contributed by atoms with Gasteiger partial charge < -0.3 is 0 Å². The fourth-order valence-corrected chi connectivity index (χ4v) is 0.904.